The minimum atomic E-state index is -0.129. The monoisotopic (exact) mass is 260 g/mol. The van der Waals surface area contributed by atoms with Crippen LogP contribution in [0.25, 0.3) is 0 Å². The Kier molecular flexibility index (Phi) is 4.02. The lowest BCUT2D eigenvalue weighted by Gasteiger charge is -2.09. The van der Waals surface area contributed by atoms with E-state index in [2.05, 4.69) is 15.8 Å². The number of nitrogens with zero attached hydrogens (tertiary/aromatic N) is 1. The van der Waals surface area contributed by atoms with Crippen molar-refractivity contribution in [3.05, 3.63) is 41.8 Å². The molecule has 0 fully saturated rings. The zero-order valence-electron chi connectivity index (χ0n) is 10.6. The van der Waals surface area contributed by atoms with Crippen molar-refractivity contribution in [2.24, 2.45) is 0 Å². The Balaban J connectivity index is 2.04. The molecular formula is C13H16N4O2. The molecule has 0 unspecified atom stereocenters. The van der Waals surface area contributed by atoms with E-state index in [9.17, 15) is 4.79 Å². The Labute approximate surface area is 111 Å². The number of nitrogens with two attached hydrogens (primary N) is 1. The highest BCUT2D eigenvalue weighted by Crippen LogP contribution is 2.20. The molecule has 4 N–H and O–H groups in total. The third-order valence-electron chi connectivity index (χ3n) is 2.60. The molecule has 1 aromatic carbocycles. The van der Waals surface area contributed by atoms with E-state index < -0.39 is 0 Å². The van der Waals surface area contributed by atoms with Gasteiger partial charge in [0, 0.05) is 18.2 Å². The number of hydrogen-bond acceptors (Lipinski definition) is 5. The maximum Gasteiger partial charge on any atom is 0.251 e. The number of rotatable bonds is 5. The minimum Gasteiger partial charge on any atom is -0.397 e. The lowest BCUT2D eigenvalue weighted by molar-refractivity contribution is 0.0956. The summed E-state index contributed by atoms with van der Waals surface area (Å²) in [5.74, 6) is 0.586. The highest BCUT2D eigenvalue weighted by molar-refractivity contribution is 5.96. The number of benzene rings is 1. The molecule has 2 rings (SSSR count). The van der Waals surface area contributed by atoms with Gasteiger partial charge >= 0.3 is 0 Å². The van der Waals surface area contributed by atoms with Gasteiger partial charge in [-0.1, -0.05) is 5.16 Å². The summed E-state index contributed by atoms with van der Waals surface area (Å²) < 4.78 is 4.97. The van der Waals surface area contributed by atoms with Gasteiger partial charge in [0.2, 0.25) is 0 Å². The Morgan fingerprint density at radius 3 is 2.89 bits per heavy atom. The first-order chi connectivity index (χ1) is 9.20. The molecular weight excluding hydrogens is 244 g/mol. The van der Waals surface area contributed by atoms with Gasteiger partial charge in [-0.3, -0.25) is 4.79 Å². The van der Waals surface area contributed by atoms with Crippen molar-refractivity contribution in [2.75, 3.05) is 17.6 Å². The van der Waals surface area contributed by atoms with Crippen molar-refractivity contribution in [2.45, 2.75) is 13.5 Å². The molecule has 6 nitrogen and oxygen atoms in total. The smallest absolute Gasteiger partial charge is 0.251 e. The van der Waals surface area contributed by atoms with Crippen LogP contribution in [0.3, 0.4) is 0 Å². The summed E-state index contributed by atoms with van der Waals surface area (Å²) in [6.07, 6.45) is 1.58. The molecule has 2 aromatic rings. The average Bonchev–Trinajstić information content (AvgIpc) is 2.90. The predicted octanol–water partition coefficient (Wildman–Crippen LogP) is 1.62. The van der Waals surface area contributed by atoms with Gasteiger partial charge in [0.25, 0.3) is 5.91 Å². The zero-order valence-corrected chi connectivity index (χ0v) is 10.6. The van der Waals surface area contributed by atoms with Gasteiger partial charge in [0.1, 0.15) is 0 Å². The minimum absolute atomic E-state index is 0.129. The van der Waals surface area contributed by atoms with Crippen LogP contribution in [0.2, 0.25) is 0 Å². The maximum absolute atomic E-state index is 11.6. The van der Waals surface area contributed by atoms with Gasteiger partial charge in [0.05, 0.1) is 24.1 Å². The van der Waals surface area contributed by atoms with Crippen molar-refractivity contribution in [3.8, 4) is 0 Å². The average molecular weight is 260 g/mol. The van der Waals surface area contributed by atoms with Gasteiger partial charge in [-0.25, -0.2) is 0 Å². The summed E-state index contributed by atoms with van der Waals surface area (Å²) in [5, 5.41) is 9.46. The first-order valence-electron chi connectivity index (χ1n) is 6.02. The van der Waals surface area contributed by atoms with Gasteiger partial charge in [-0.15, -0.1) is 0 Å². The van der Waals surface area contributed by atoms with E-state index in [1.165, 1.54) is 0 Å². The molecule has 19 heavy (non-hydrogen) atoms. The zero-order chi connectivity index (χ0) is 13.7. The molecule has 6 heteroatoms. The molecule has 0 radical (unpaired) electrons. The van der Waals surface area contributed by atoms with Crippen LogP contribution >= 0.6 is 0 Å². The van der Waals surface area contributed by atoms with Gasteiger partial charge in [0.15, 0.2) is 5.76 Å². The topological polar surface area (TPSA) is 93.2 Å². The first-order valence-corrected chi connectivity index (χ1v) is 6.02. The Bertz CT molecular complexity index is 552. The molecule has 1 aromatic heterocycles. The normalized spacial score (nSPS) is 10.2. The van der Waals surface area contributed by atoms with Crippen molar-refractivity contribution in [3.63, 3.8) is 0 Å². The lowest BCUT2D eigenvalue weighted by Crippen LogP contribution is -2.22. The number of anilines is 2. The Morgan fingerprint density at radius 1 is 1.42 bits per heavy atom. The number of nitrogen functional groups attached to an aromatic ring is 1. The van der Waals surface area contributed by atoms with Crippen LogP contribution in [-0.4, -0.2) is 17.6 Å². The van der Waals surface area contributed by atoms with Crippen LogP contribution in [0.5, 0.6) is 0 Å². The summed E-state index contributed by atoms with van der Waals surface area (Å²) in [7, 11) is 0. The number of carbonyl (C=O) groups is 1. The number of amides is 1. The maximum atomic E-state index is 11.6. The molecule has 0 aliphatic carbocycles. The second-order valence-electron chi connectivity index (χ2n) is 3.99. The van der Waals surface area contributed by atoms with Crippen molar-refractivity contribution < 1.29 is 9.32 Å². The lowest BCUT2D eigenvalue weighted by atomic mass is 10.1. The van der Waals surface area contributed by atoms with E-state index in [0.29, 0.717) is 30.1 Å². The summed E-state index contributed by atoms with van der Waals surface area (Å²) in [4.78, 5) is 11.6. The van der Waals surface area contributed by atoms with Crippen LogP contribution in [0.4, 0.5) is 11.4 Å². The largest absolute Gasteiger partial charge is 0.397 e. The van der Waals surface area contributed by atoms with Crippen LogP contribution < -0.4 is 16.4 Å². The van der Waals surface area contributed by atoms with Crippen molar-refractivity contribution in [1.82, 2.24) is 10.5 Å². The van der Waals surface area contributed by atoms with Crippen LogP contribution in [-0.2, 0) is 6.54 Å². The molecule has 100 valence electrons. The van der Waals surface area contributed by atoms with E-state index in [4.69, 9.17) is 10.3 Å². The molecule has 0 saturated heterocycles. The molecule has 0 bridgehead atoms. The highest BCUT2D eigenvalue weighted by atomic mass is 16.5. The quantitative estimate of drug-likeness (QED) is 0.710. The van der Waals surface area contributed by atoms with Gasteiger partial charge < -0.3 is 20.9 Å². The standard InChI is InChI=1S/C13H16N4O2/c1-2-15-13(18)9-3-4-12(11(14)7-9)16-8-10-5-6-17-19-10/h3-7,16H,2,8,14H2,1H3,(H,15,18). The van der Waals surface area contributed by atoms with Gasteiger partial charge in [-0.2, -0.15) is 0 Å². The number of carbonyl (C=O) groups excluding carboxylic acids is 1. The summed E-state index contributed by atoms with van der Waals surface area (Å²) in [6.45, 7) is 2.95. The summed E-state index contributed by atoms with van der Waals surface area (Å²) >= 11 is 0. The molecule has 1 amide bonds. The fraction of sp³-hybridized carbons (Fsp3) is 0.231. The summed E-state index contributed by atoms with van der Waals surface area (Å²) in [6, 6.07) is 6.92. The molecule has 0 spiro atoms. The highest BCUT2D eigenvalue weighted by Gasteiger charge is 2.07. The number of nitrogens with one attached hydrogen (secondary N) is 2. The Morgan fingerprint density at radius 2 is 2.26 bits per heavy atom. The SMILES string of the molecule is CCNC(=O)c1ccc(NCc2ccno2)c(N)c1. The van der Waals surface area contributed by atoms with Crippen molar-refractivity contribution >= 4 is 17.3 Å². The van der Waals surface area contributed by atoms with E-state index in [0.717, 1.165) is 5.69 Å². The third kappa shape index (κ3) is 3.25. The van der Waals surface area contributed by atoms with Crippen LogP contribution in [0, 0.1) is 0 Å². The van der Waals surface area contributed by atoms with E-state index in [-0.39, 0.29) is 5.91 Å². The first kappa shape index (κ1) is 12.9. The fourth-order valence-electron chi connectivity index (χ4n) is 1.64. The molecule has 0 saturated carbocycles. The predicted molar refractivity (Wildman–Crippen MR) is 72.7 cm³/mol. The van der Waals surface area contributed by atoms with Crippen molar-refractivity contribution in [1.29, 1.82) is 0 Å². The second-order valence-corrected chi connectivity index (χ2v) is 3.99. The van der Waals surface area contributed by atoms with Crippen LogP contribution in [0.15, 0.2) is 35.0 Å². The summed E-state index contributed by atoms with van der Waals surface area (Å²) in [5.41, 5.74) is 7.72. The van der Waals surface area contributed by atoms with Crippen LogP contribution in [0.1, 0.15) is 23.0 Å². The number of hydrogen-bond donors (Lipinski definition) is 3. The van der Waals surface area contributed by atoms with Gasteiger partial charge in [-0.05, 0) is 25.1 Å². The number of aromatic nitrogens is 1. The van der Waals surface area contributed by atoms with E-state index in [1.807, 2.05) is 6.92 Å². The fourth-order valence-corrected chi connectivity index (χ4v) is 1.64. The van der Waals surface area contributed by atoms with E-state index in [1.54, 1.807) is 30.5 Å². The molecule has 0 aliphatic heterocycles. The second kappa shape index (κ2) is 5.90. The Hall–Kier alpha value is -2.50. The molecule has 0 atom stereocenters. The molecule has 0 aliphatic rings. The molecule has 1 heterocycles. The third-order valence-corrected chi connectivity index (χ3v) is 2.60. The van der Waals surface area contributed by atoms with E-state index >= 15 is 0 Å².